The van der Waals surface area contributed by atoms with E-state index in [1.165, 1.54) is 25.3 Å². The van der Waals surface area contributed by atoms with Crippen molar-refractivity contribution in [1.29, 1.82) is 0 Å². The van der Waals surface area contributed by atoms with Crippen molar-refractivity contribution in [2.24, 2.45) is 0 Å². The minimum atomic E-state index is -0.995. The predicted molar refractivity (Wildman–Crippen MR) is 153 cm³/mol. The standard InChI is InChI=1S/C31H29ClN2O5/c1-3-28(35)25-14-11-22(32)16-26(25)27-17-30(36)34(19-29(27)39-2)24(15-20-7-5-4-6-8-20)18-33-23-12-9-21(10-13-23)31(37)38/h4-14,16-17,19,24,33H,3,15,18H2,1-2H3,(H,37,38)/t24-/m1/s1. The molecule has 1 atom stereocenters. The Morgan fingerprint density at radius 3 is 2.36 bits per heavy atom. The van der Waals surface area contributed by atoms with E-state index in [4.69, 9.17) is 16.3 Å². The molecule has 1 heterocycles. The van der Waals surface area contributed by atoms with E-state index in [2.05, 4.69) is 5.32 Å². The Labute approximate surface area is 231 Å². The predicted octanol–water partition coefficient (Wildman–Crippen LogP) is 6.36. The summed E-state index contributed by atoms with van der Waals surface area (Å²) in [6, 6.07) is 22.5. The molecule has 0 amide bonds. The highest BCUT2D eigenvalue weighted by Gasteiger charge is 2.21. The van der Waals surface area contributed by atoms with Gasteiger partial charge in [0.05, 0.1) is 24.9 Å². The lowest BCUT2D eigenvalue weighted by Crippen LogP contribution is -2.30. The van der Waals surface area contributed by atoms with Crippen LogP contribution in [-0.4, -0.2) is 35.1 Å². The van der Waals surface area contributed by atoms with Gasteiger partial charge in [-0.3, -0.25) is 9.59 Å². The number of carbonyl (C=O) groups excluding carboxylic acids is 1. The summed E-state index contributed by atoms with van der Waals surface area (Å²) in [6.07, 6.45) is 2.54. The van der Waals surface area contributed by atoms with Crippen LogP contribution in [0.3, 0.4) is 0 Å². The lowest BCUT2D eigenvalue weighted by Gasteiger charge is -2.23. The molecule has 1 aromatic heterocycles. The van der Waals surface area contributed by atoms with Crippen LogP contribution in [0.25, 0.3) is 11.1 Å². The molecule has 0 saturated heterocycles. The van der Waals surface area contributed by atoms with Gasteiger partial charge in [0.25, 0.3) is 5.56 Å². The Kier molecular flexibility index (Phi) is 8.84. The van der Waals surface area contributed by atoms with Crippen molar-refractivity contribution in [3.05, 3.63) is 117 Å². The lowest BCUT2D eigenvalue weighted by molar-refractivity contribution is 0.0696. The number of pyridine rings is 1. The molecule has 0 radical (unpaired) electrons. The molecule has 0 unspecified atom stereocenters. The summed E-state index contributed by atoms with van der Waals surface area (Å²) in [5.41, 5.74) is 3.23. The molecule has 0 aliphatic heterocycles. The maximum Gasteiger partial charge on any atom is 0.335 e. The number of ether oxygens (including phenoxy) is 1. The number of hydrogen-bond donors (Lipinski definition) is 2. The van der Waals surface area contributed by atoms with Crippen LogP contribution in [0, 0.1) is 0 Å². The zero-order valence-corrected chi connectivity index (χ0v) is 22.4. The van der Waals surface area contributed by atoms with Crippen LogP contribution in [0.5, 0.6) is 5.75 Å². The number of halogens is 1. The molecule has 0 aliphatic carbocycles. The summed E-state index contributed by atoms with van der Waals surface area (Å²) in [7, 11) is 1.52. The largest absolute Gasteiger partial charge is 0.495 e. The molecule has 39 heavy (non-hydrogen) atoms. The van der Waals surface area contributed by atoms with E-state index < -0.39 is 5.97 Å². The summed E-state index contributed by atoms with van der Waals surface area (Å²) < 4.78 is 7.34. The van der Waals surface area contributed by atoms with E-state index in [1.54, 1.807) is 48.0 Å². The first kappa shape index (κ1) is 27.7. The first-order valence-corrected chi connectivity index (χ1v) is 12.9. The van der Waals surface area contributed by atoms with Crippen LogP contribution in [0.1, 0.15) is 45.7 Å². The quantitative estimate of drug-likeness (QED) is 0.213. The zero-order valence-electron chi connectivity index (χ0n) is 21.7. The van der Waals surface area contributed by atoms with Gasteiger partial charge in [-0.15, -0.1) is 0 Å². The van der Waals surface area contributed by atoms with Crippen LogP contribution in [-0.2, 0) is 6.42 Å². The van der Waals surface area contributed by atoms with Crippen molar-refractivity contribution in [3.8, 4) is 16.9 Å². The van der Waals surface area contributed by atoms with Crippen LogP contribution >= 0.6 is 11.6 Å². The van der Waals surface area contributed by atoms with Gasteiger partial charge in [-0.25, -0.2) is 4.79 Å². The van der Waals surface area contributed by atoms with Crippen molar-refractivity contribution >= 4 is 29.0 Å². The SMILES string of the molecule is CCC(=O)c1ccc(Cl)cc1-c1cc(=O)n([C@@H](CNc2ccc(C(=O)O)cc2)Cc2ccccc2)cc1OC. The highest BCUT2D eigenvalue weighted by atomic mass is 35.5. The number of carboxylic acid groups (broad SMARTS) is 1. The van der Waals surface area contributed by atoms with Gasteiger partial charge in [-0.05, 0) is 60.0 Å². The topological polar surface area (TPSA) is 97.6 Å². The second-order valence-corrected chi connectivity index (χ2v) is 9.51. The lowest BCUT2D eigenvalue weighted by atomic mass is 9.96. The number of benzene rings is 3. The molecular weight excluding hydrogens is 516 g/mol. The van der Waals surface area contributed by atoms with E-state index in [0.29, 0.717) is 46.8 Å². The molecule has 7 nitrogen and oxygen atoms in total. The highest BCUT2D eigenvalue weighted by Crippen LogP contribution is 2.34. The smallest absolute Gasteiger partial charge is 0.335 e. The van der Waals surface area contributed by atoms with Gasteiger partial charge in [-0.2, -0.15) is 0 Å². The van der Waals surface area contributed by atoms with Crippen molar-refractivity contribution in [2.45, 2.75) is 25.8 Å². The fraction of sp³-hybridized carbons (Fsp3) is 0.194. The first-order chi connectivity index (χ1) is 18.8. The third kappa shape index (κ3) is 6.56. The number of hydrogen-bond acceptors (Lipinski definition) is 5. The molecule has 0 fully saturated rings. The van der Waals surface area contributed by atoms with Crippen molar-refractivity contribution in [2.75, 3.05) is 19.0 Å². The van der Waals surface area contributed by atoms with Crippen LogP contribution in [0.2, 0.25) is 5.02 Å². The van der Waals surface area contributed by atoms with Gasteiger partial charge in [0.15, 0.2) is 5.78 Å². The molecule has 200 valence electrons. The monoisotopic (exact) mass is 544 g/mol. The van der Waals surface area contributed by atoms with E-state index in [-0.39, 0.29) is 22.9 Å². The highest BCUT2D eigenvalue weighted by molar-refractivity contribution is 6.31. The fourth-order valence-corrected chi connectivity index (χ4v) is 4.65. The molecule has 4 aromatic rings. The Morgan fingerprint density at radius 1 is 1.00 bits per heavy atom. The minimum absolute atomic E-state index is 0.0621. The van der Waals surface area contributed by atoms with Crippen LogP contribution < -0.4 is 15.6 Å². The molecule has 0 saturated carbocycles. The van der Waals surface area contributed by atoms with Gasteiger partial charge < -0.3 is 19.7 Å². The van der Waals surface area contributed by atoms with Gasteiger partial charge in [-0.1, -0.05) is 48.9 Å². The average Bonchev–Trinajstić information content (AvgIpc) is 2.95. The molecule has 0 bridgehead atoms. The molecule has 8 heteroatoms. The number of aromatic carboxylic acids is 1. The van der Waals surface area contributed by atoms with E-state index in [1.807, 2.05) is 30.3 Å². The molecule has 3 aromatic carbocycles. The first-order valence-electron chi connectivity index (χ1n) is 12.5. The summed E-state index contributed by atoms with van der Waals surface area (Å²) >= 11 is 6.27. The summed E-state index contributed by atoms with van der Waals surface area (Å²) in [5.74, 6) is -0.621. The Morgan fingerprint density at radius 2 is 1.72 bits per heavy atom. The molecule has 2 N–H and O–H groups in total. The van der Waals surface area contributed by atoms with E-state index >= 15 is 0 Å². The number of aromatic nitrogens is 1. The second-order valence-electron chi connectivity index (χ2n) is 9.07. The minimum Gasteiger partial charge on any atom is -0.495 e. The normalized spacial score (nSPS) is 11.6. The zero-order chi connectivity index (χ0) is 27.9. The average molecular weight is 545 g/mol. The number of ketones is 1. The summed E-state index contributed by atoms with van der Waals surface area (Å²) in [5, 5.41) is 12.9. The van der Waals surface area contributed by atoms with Gasteiger partial charge >= 0.3 is 5.97 Å². The molecule has 0 spiro atoms. The third-order valence-electron chi connectivity index (χ3n) is 6.54. The van der Waals surface area contributed by atoms with Crippen LogP contribution in [0.15, 0.2) is 89.9 Å². The maximum atomic E-state index is 13.6. The number of Topliss-reactive ketones (excluding diaryl/α,β-unsaturated/α-hetero) is 1. The Bertz CT molecular complexity index is 1530. The number of rotatable bonds is 11. The number of nitrogens with one attached hydrogen (secondary N) is 1. The van der Waals surface area contributed by atoms with Crippen molar-refractivity contribution < 1.29 is 19.4 Å². The molecular formula is C31H29ClN2O5. The van der Waals surface area contributed by atoms with Gasteiger partial charge in [0.2, 0.25) is 0 Å². The fourth-order valence-electron chi connectivity index (χ4n) is 4.48. The number of anilines is 1. The molecule has 0 aliphatic rings. The van der Waals surface area contributed by atoms with E-state index in [0.717, 1.165) is 11.3 Å². The number of carbonyl (C=O) groups is 2. The Hall–Kier alpha value is -4.36. The third-order valence-corrected chi connectivity index (χ3v) is 6.77. The number of carboxylic acids is 1. The van der Waals surface area contributed by atoms with E-state index in [9.17, 15) is 19.5 Å². The maximum absolute atomic E-state index is 13.6. The number of nitrogens with zero attached hydrogens (tertiary/aromatic N) is 1. The summed E-state index contributed by atoms with van der Waals surface area (Å²) in [4.78, 5) is 37.4. The van der Waals surface area contributed by atoms with Gasteiger partial charge in [0.1, 0.15) is 5.75 Å². The molecule has 4 rings (SSSR count). The summed E-state index contributed by atoms with van der Waals surface area (Å²) in [6.45, 7) is 2.17. The second kappa shape index (κ2) is 12.5. The Balaban J connectivity index is 1.74. The van der Waals surface area contributed by atoms with Crippen LogP contribution in [0.4, 0.5) is 5.69 Å². The number of methoxy groups -OCH3 is 1. The van der Waals surface area contributed by atoms with Gasteiger partial charge in [0, 0.05) is 40.9 Å². The van der Waals surface area contributed by atoms with Crippen molar-refractivity contribution in [3.63, 3.8) is 0 Å². The van der Waals surface area contributed by atoms with Crippen molar-refractivity contribution in [1.82, 2.24) is 4.57 Å².